The molecule has 16 rings (SSSR count). The summed E-state index contributed by atoms with van der Waals surface area (Å²) in [6.07, 6.45) is -19.6. The minimum absolute atomic E-state index is 0.0586. The lowest BCUT2D eigenvalue weighted by molar-refractivity contribution is -0.0643. The number of hydrogen-bond donors (Lipinski definition) is 15. The summed E-state index contributed by atoms with van der Waals surface area (Å²) in [7, 11) is -27.4. The normalized spacial score (nSPS) is 29.4. The molecule has 0 saturated carbocycles. The van der Waals surface area contributed by atoms with Crippen LogP contribution < -0.4 is 56.7 Å². The lowest BCUT2D eigenvalue weighted by atomic mass is 10.2. The number of hydrogen-bond acceptors (Lipinski definition) is 44. The number of phosphoric ester groups is 5. The predicted molar refractivity (Wildman–Crippen MR) is 401 cm³/mol. The maximum Gasteiger partial charge on any atom is 0.472 e. The van der Waals surface area contributed by atoms with Gasteiger partial charge in [0.2, 0.25) is 11.9 Å². The van der Waals surface area contributed by atoms with E-state index in [1.165, 1.54) is 58.1 Å². The van der Waals surface area contributed by atoms with Gasteiger partial charge >= 0.3 is 50.5 Å². The van der Waals surface area contributed by atoms with Crippen LogP contribution in [0.3, 0.4) is 0 Å². The van der Waals surface area contributed by atoms with E-state index in [0.717, 1.165) is 32.7 Å². The first-order valence-electron chi connectivity index (χ1n) is 36.4. The van der Waals surface area contributed by atoms with Crippen molar-refractivity contribution in [2.24, 2.45) is 0 Å². The molecule has 10 aromatic heterocycles. The van der Waals surface area contributed by atoms with Crippen molar-refractivity contribution >= 4 is 113 Å². The van der Waals surface area contributed by atoms with Gasteiger partial charge in [0.25, 0.3) is 16.7 Å². The number of nitrogens with two attached hydrogens (primary N) is 5. The average Bonchev–Trinajstić information content (AvgIpc) is 1.63. The molecule has 5 unspecified atom stereocenters. The highest BCUT2D eigenvalue weighted by Gasteiger charge is 2.52. The number of aromatic amines is 3. The summed E-state index contributed by atoms with van der Waals surface area (Å²) >= 11 is 0. The second-order valence-electron chi connectivity index (χ2n) is 28.2. The number of anilines is 5. The molecule has 0 bridgehead atoms. The lowest BCUT2D eigenvalue weighted by Gasteiger charge is -2.26. The number of aliphatic hydroxyl groups excluding tert-OH is 2. The summed E-state index contributed by atoms with van der Waals surface area (Å²) < 4.78 is 170. The van der Waals surface area contributed by atoms with Crippen LogP contribution in [0.4, 0.5) is 29.4 Å². The summed E-state index contributed by atoms with van der Waals surface area (Å²) in [5, 5.41) is 21.2. The highest BCUT2D eigenvalue weighted by molar-refractivity contribution is 7.48. The molecular weight excluding hydrogens is 1740 g/mol. The molecule has 6 fully saturated rings. The van der Waals surface area contributed by atoms with Gasteiger partial charge in [-0.1, -0.05) is 0 Å². The third kappa shape index (κ3) is 18.4. The maximum absolute atomic E-state index is 14.6. The molecule has 63 heteroatoms. The van der Waals surface area contributed by atoms with Gasteiger partial charge in [-0.05, 0) is 13.0 Å². The first-order chi connectivity index (χ1) is 57.9. The maximum atomic E-state index is 14.6. The van der Waals surface area contributed by atoms with Gasteiger partial charge in [-0.2, -0.15) is 15.0 Å². The molecule has 0 amide bonds. The molecule has 6 saturated heterocycles. The number of aromatic nitrogens is 20. The molecule has 58 nitrogen and oxygen atoms in total. The molecule has 20 N–H and O–H groups in total. The van der Waals surface area contributed by atoms with Crippen molar-refractivity contribution in [1.82, 2.24) is 97.2 Å². The van der Waals surface area contributed by atoms with Gasteiger partial charge < -0.3 is 91.8 Å². The van der Waals surface area contributed by atoms with E-state index >= 15 is 0 Å². The smallest absolute Gasteiger partial charge is 0.394 e. The molecular formula is C59H74N25O33P5. The molecule has 658 valence electrons. The Balaban J connectivity index is 0.613. The Morgan fingerprint density at radius 1 is 0.418 bits per heavy atom. The third-order valence-corrected chi connectivity index (χ3v) is 25.2. The Labute approximate surface area is 677 Å². The van der Waals surface area contributed by atoms with Crippen molar-refractivity contribution in [1.29, 1.82) is 0 Å². The van der Waals surface area contributed by atoms with E-state index in [1.54, 1.807) is 0 Å². The number of nitrogens with one attached hydrogen (secondary N) is 3. The van der Waals surface area contributed by atoms with Crippen molar-refractivity contribution in [3.05, 3.63) is 114 Å². The highest BCUT2D eigenvalue weighted by atomic mass is 31.2. The summed E-state index contributed by atoms with van der Waals surface area (Å²) in [4.78, 5) is 173. The molecule has 122 heavy (non-hydrogen) atoms. The number of ether oxygens (including phenoxy) is 6. The number of H-pyrrole nitrogens is 3. The molecule has 0 aliphatic carbocycles. The van der Waals surface area contributed by atoms with Gasteiger partial charge in [0.1, 0.15) is 134 Å². The Hall–Kier alpha value is -9.41. The van der Waals surface area contributed by atoms with Crippen LogP contribution in [0.1, 0.15) is 81.5 Å². The van der Waals surface area contributed by atoms with E-state index in [0.29, 0.717) is 0 Å². The van der Waals surface area contributed by atoms with E-state index in [9.17, 15) is 81.5 Å². The van der Waals surface area contributed by atoms with E-state index in [4.69, 9.17) is 102 Å². The van der Waals surface area contributed by atoms with Crippen molar-refractivity contribution in [2.75, 3.05) is 68.3 Å². The third-order valence-electron chi connectivity index (χ3n) is 20.2. The van der Waals surface area contributed by atoms with E-state index in [2.05, 4.69) is 69.8 Å². The van der Waals surface area contributed by atoms with E-state index in [1.807, 2.05) is 0 Å². The second kappa shape index (κ2) is 33.9. The Kier molecular flexibility index (Phi) is 23.9. The van der Waals surface area contributed by atoms with Gasteiger partial charge in [-0.25, -0.2) is 72.3 Å². The SMILES string of the molecule is Cc1cn([C@H]2C[C@H](OP(=O)(O)OC[C@H]3O[C@@H](n4cnc5c(=O)[nH]c(N)nc54)C[C@@H]3OP(=O)(O)OC[C@H]3O[C@@H](n4cnc5c(=O)[nH]c(N)nc54)C[C@@H]3OP(=O)(O)OC[C@H]3O[C@@H](n4cnc5c(N)ncnc54)C[C@@H]3OP(=O)(O)OC[C@H]3O[C@@H](n4ccc(N)nc4=O)C[C@@H]3OP(=O)(O)OC[C@H]3O[C@@H](n4cnc5c(N)ncnc54)C[C@@H]3O)[C@@H](CO)O2)c(=O)[nH]c1=O. The summed E-state index contributed by atoms with van der Waals surface area (Å²) in [5.74, 6) is -0.954. The number of nitrogens with zero attached hydrogens (tertiary/aromatic N) is 17. The van der Waals surface area contributed by atoms with Crippen molar-refractivity contribution in [3.63, 3.8) is 0 Å². The Bertz CT molecular complexity index is 6210. The second-order valence-corrected chi connectivity index (χ2v) is 35.2. The zero-order chi connectivity index (χ0) is 86.4. The van der Waals surface area contributed by atoms with E-state index < -0.39 is 249 Å². The number of nitrogen functional groups attached to an aromatic ring is 5. The quantitative estimate of drug-likeness (QED) is 0.0195. The van der Waals surface area contributed by atoms with Crippen LogP contribution in [0, 0.1) is 6.92 Å². The fraction of sp³-hybridized carbons (Fsp3) is 0.525. The number of imidazole rings is 4. The highest BCUT2D eigenvalue weighted by Crippen LogP contribution is 2.57. The number of aliphatic hydroxyl groups is 2. The molecule has 6 aliphatic heterocycles. The minimum Gasteiger partial charge on any atom is -0.394 e. The summed E-state index contributed by atoms with van der Waals surface area (Å²) in [5.41, 5.74) is 25.2. The van der Waals surface area contributed by atoms with Crippen LogP contribution in [0.15, 0.2) is 80.4 Å². The largest absolute Gasteiger partial charge is 0.472 e. The van der Waals surface area contributed by atoms with Gasteiger partial charge in [0, 0.05) is 56.5 Å². The zero-order valence-electron chi connectivity index (χ0n) is 62.5. The monoisotopic (exact) mass is 1820 g/mol. The summed E-state index contributed by atoms with van der Waals surface area (Å²) in [6.45, 7) is -4.40. The van der Waals surface area contributed by atoms with Crippen LogP contribution in [0.5, 0.6) is 0 Å². The number of rotatable bonds is 32. The minimum atomic E-state index is -5.63. The molecule has 0 spiro atoms. The lowest BCUT2D eigenvalue weighted by Crippen LogP contribution is -2.33. The van der Waals surface area contributed by atoms with Crippen molar-refractivity contribution in [3.8, 4) is 0 Å². The topological polar surface area (TPSA) is 809 Å². The zero-order valence-corrected chi connectivity index (χ0v) is 67.0. The number of phosphoric acid groups is 5. The molecule has 6 aliphatic rings. The Morgan fingerprint density at radius 3 is 1.15 bits per heavy atom. The fourth-order valence-corrected chi connectivity index (χ4v) is 19.3. The average molecular weight is 1820 g/mol. The molecule has 0 aromatic carbocycles. The summed E-state index contributed by atoms with van der Waals surface area (Å²) in [6, 6.07) is 1.23. The first-order valence-corrected chi connectivity index (χ1v) is 43.8. The van der Waals surface area contributed by atoms with Crippen LogP contribution in [-0.4, -0.2) is 245 Å². The van der Waals surface area contributed by atoms with Gasteiger partial charge in [-0.15, -0.1) is 0 Å². The van der Waals surface area contributed by atoms with Crippen molar-refractivity contribution < 1.29 is 131 Å². The number of fused-ring (bicyclic) bond motifs is 4. The van der Waals surface area contributed by atoms with Gasteiger partial charge in [0.15, 0.2) is 45.3 Å². The molecule has 23 atom stereocenters. The van der Waals surface area contributed by atoms with Gasteiger partial charge in [-0.3, -0.25) is 102 Å². The molecule has 10 aromatic rings. The Morgan fingerprint density at radius 2 is 0.754 bits per heavy atom. The molecule has 16 heterocycles. The standard InChI is InChI=1S/C59H74N25O33P5/c1-23-10-80(59(91)78-53(23)87)39-5-25(30(11-85)107-39)113-119(94,95)103-15-34-28(8-41(111-34)83-21-71-45-51(83)74-56(63)76-54(45)88)116-122(100,101)106-16-35-29(9-42(112-35)84-22-72-46-52(84)75-57(64)77-55(46)89)117-121(98,99)105-14-33-27(7-40(110-33)82-20-70-44-48(62)66-18-68-50(44)82)115-120(96,97)104-13-32-26(6-38(109-32)79-3-2-36(60)73-58(79)90)114-118(92,93)102-12-31-24(86)4-37(108-31)81-19-69-43-47(61)65-17-67-49(43)81/h2-3,10,17-22,24-35,37-42,85-86H,4-9,11-16H2,1H3,(H,92,93)(H,94,95)(H,96,97)(H,98,99)(H,100,101)(H2,60,73,90)(H2,61,65,67)(H2,62,66,68)(H,78,87,91)(H3,63,74,76,88)(H3,64,75,77,89)/t24-,25-,26-,27-,28-,29-,30+,31+,32+,33+,34+,35+,37+,38+,39+,40+,41+,42+/m0/s1. The fourth-order valence-electron chi connectivity index (χ4n) is 14.5. The van der Waals surface area contributed by atoms with Crippen molar-refractivity contribution in [2.45, 2.75) is 156 Å². The molecule has 0 radical (unpaired) electrons. The van der Waals surface area contributed by atoms with E-state index in [-0.39, 0.29) is 86.5 Å². The van der Waals surface area contributed by atoms with Crippen LogP contribution >= 0.6 is 39.1 Å². The number of aryl methyl sites for hydroxylation is 1. The first kappa shape index (κ1) is 86.1. The van der Waals surface area contributed by atoms with Crippen LogP contribution in [-0.2, 0) is 96.5 Å². The predicted octanol–water partition coefficient (Wildman–Crippen LogP) is -2.45. The van der Waals surface area contributed by atoms with Crippen LogP contribution in [0.25, 0.3) is 44.7 Å². The van der Waals surface area contributed by atoms with Crippen LogP contribution in [0.2, 0.25) is 0 Å². The van der Waals surface area contributed by atoms with Gasteiger partial charge in [0.05, 0.1) is 71.1 Å².